The van der Waals surface area contributed by atoms with Gasteiger partial charge in [0.25, 0.3) is 10.0 Å². The van der Waals surface area contributed by atoms with Crippen LogP contribution in [0, 0.1) is 11.6 Å². The second kappa shape index (κ2) is 9.26. The van der Waals surface area contributed by atoms with Crippen molar-refractivity contribution in [3.05, 3.63) is 63.4 Å². The number of hydrogen-bond acceptors (Lipinski definition) is 7. The van der Waals surface area contributed by atoms with E-state index in [1.165, 1.54) is 10.9 Å². The molecule has 166 valence electrons. The molecule has 0 unspecified atom stereocenters. The Balaban J connectivity index is 1.85. The molecule has 0 saturated heterocycles. The molecule has 0 aliphatic carbocycles. The van der Waals surface area contributed by atoms with Gasteiger partial charge in [-0.05, 0) is 30.3 Å². The summed E-state index contributed by atoms with van der Waals surface area (Å²) in [5.74, 6) is -2.34. The first kappa shape index (κ1) is 23.1. The molecule has 2 aromatic carbocycles. The maximum Gasteiger partial charge on any atom is 0.387 e. The Bertz CT molecular complexity index is 1180. The van der Waals surface area contributed by atoms with Gasteiger partial charge in [0.05, 0.1) is 16.2 Å². The van der Waals surface area contributed by atoms with E-state index in [-0.39, 0.29) is 27.8 Å². The van der Waals surface area contributed by atoms with E-state index in [0.717, 1.165) is 41.7 Å². The summed E-state index contributed by atoms with van der Waals surface area (Å²) in [6.07, 6.45) is -1.35. The number of nitrogens with one attached hydrogen (secondary N) is 2. The number of aromatic nitrogens is 1. The number of rotatable bonds is 8. The molecular weight excluding hydrogens is 484 g/mol. The minimum Gasteiger partial charge on any atom is -0.435 e. The summed E-state index contributed by atoms with van der Waals surface area (Å²) in [6.45, 7) is -3.13. The summed E-state index contributed by atoms with van der Waals surface area (Å²) in [6, 6.07) is 4.40. The fraction of sp³-hybridized carbons (Fsp3) is 0.118. The van der Waals surface area contributed by atoms with Crippen LogP contribution in [0.25, 0.3) is 0 Å². The van der Waals surface area contributed by atoms with Crippen molar-refractivity contribution in [2.45, 2.75) is 17.7 Å². The van der Waals surface area contributed by atoms with Crippen molar-refractivity contribution in [2.24, 2.45) is 5.73 Å². The molecule has 3 rings (SSSR count). The molecule has 1 aromatic heterocycles. The third-order valence-electron chi connectivity index (χ3n) is 3.82. The lowest BCUT2D eigenvalue weighted by molar-refractivity contribution is -0.0499. The molecular formula is C17H13ClF4N4O3S2. The molecule has 0 spiro atoms. The number of alkyl halides is 2. The smallest absolute Gasteiger partial charge is 0.387 e. The Kier molecular flexibility index (Phi) is 6.89. The third-order valence-corrected chi connectivity index (χ3v) is 6.09. The number of nitrogens with two attached hydrogens (primary N) is 1. The van der Waals surface area contributed by atoms with Crippen molar-refractivity contribution in [2.75, 3.05) is 10.0 Å². The molecule has 4 N–H and O–H groups in total. The Labute approximate surface area is 182 Å². The van der Waals surface area contributed by atoms with Gasteiger partial charge in [0, 0.05) is 10.9 Å². The van der Waals surface area contributed by atoms with Crippen molar-refractivity contribution in [1.82, 2.24) is 4.98 Å². The molecule has 3 aromatic rings. The quantitative estimate of drug-likeness (QED) is 0.312. The van der Waals surface area contributed by atoms with Gasteiger partial charge in [-0.2, -0.15) is 8.78 Å². The molecule has 0 radical (unpaired) electrons. The first-order valence-electron chi connectivity index (χ1n) is 8.23. The maximum atomic E-state index is 14.5. The van der Waals surface area contributed by atoms with Crippen LogP contribution in [0.1, 0.15) is 11.7 Å². The highest BCUT2D eigenvalue weighted by molar-refractivity contribution is 7.92. The van der Waals surface area contributed by atoms with Crippen molar-refractivity contribution in [3.63, 3.8) is 0 Å². The van der Waals surface area contributed by atoms with Crippen LogP contribution >= 0.6 is 22.9 Å². The zero-order chi connectivity index (χ0) is 22.8. The number of hydrogen-bond donors (Lipinski definition) is 3. The normalized spacial score (nSPS) is 12.6. The summed E-state index contributed by atoms with van der Waals surface area (Å²) < 4.78 is 84.4. The Morgan fingerprint density at radius 3 is 2.55 bits per heavy atom. The third kappa shape index (κ3) is 5.55. The predicted molar refractivity (Wildman–Crippen MR) is 108 cm³/mol. The van der Waals surface area contributed by atoms with Gasteiger partial charge in [-0.1, -0.05) is 11.6 Å². The highest BCUT2D eigenvalue weighted by Gasteiger charge is 2.23. The van der Waals surface area contributed by atoms with E-state index < -0.39 is 39.3 Å². The number of ether oxygens (including phenoxy) is 1. The summed E-state index contributed by atoms with van der Waals surface area (Å²) in [4.78, 5) is 3.01. The van der Waals surface area contributed by atoms with Gasteiger partial charge in [0.1, 0.15) is 28.4 Å². The summed E-state index contributed by atoms with van der Waals surface area (Å²) in [5.41, 5.74) is 6.81. The second-order valence-electron chi connectivity index (χ2n) is 5.93. The van der Waals surface area contributed by atoms with E-state index in [9.17, 15) is 26.0 Å². The standard InChI is InChI=1S/C17H13ClF4N4O3S2/c18-10-4-14(31(27,28)26-15-6-30-7-24-15)12(20)5-13(10)25-16(23)9-3-8(29-17(21)22)1-2-11(9)19/h1-7,16-17,25-26H,23H2/t16-/m1/s1. The molecule has 1 atom stereocenters. The summed E-state index contributed by atoms with van der Waals surface area (Å²) in [7, 11) is -4.33. The lowest BCUT2D eigenvalue weighted by atomic mass is 10.1. The Morgan fingerprint density at radius 1 is 1.16 bits per heavy atom. The number of halogens is 5. The van der Waals surface area contributed by atoms with Crippen LogP contribution < -0.4 is 20.5 Å². The van der Waals surface area contributed by atoms with Crippen LogP contribution in [-0.4, -0.2) is 20.0 Å². The van der Waals surface area contributed by atoms with Crippen LogP contribution in [0.15, 0.2) is 46.1 Å². The van der Waals surface area contributed by atoms with Crippen molar-refractivity contribution < 1.29 is 30.7 Å². The first-order chi connectivity index (χ1) is 14.6. The monoisotopic (exact) mass is 496 g/mol. The highest BCUT2D eigenvalue weighted by atomic mass is 35.5. The zero-order valence-corrected chi connectivity index (χ0v) is 17.5. The van der Waals surface area contributed by atoms with Crippen LogP contribution in [0.4, 0.5) is 29.1 Å². The van der Waals surface area contributed by atoms with Gasteiger partial charge in [-0.15, -0.1) is 11.3 Å². The van der Waals surface area contributed by atoms with E-state index >= 15 is 0 Å². The number of nitrogens with zero attached hydrogens (tertiary/aromatic N) is 1. The summed E-state index contributed by atoms with van der Waals surface area (Å²) in [5, 5.41) is 3.68. The Morgan fingerprint density at radius 2 is 1.90 bits per heavy atom. The van der Waals surface area contributed by atoms with Crippen LogP contribution in [0.5, 0.6) is 5.75 Å². The largest absolute Gasteiger partial charge is 0.435 e. The van der Waals surface area contributed by atoms with E-state index in [4.69, 9.17) is 17.3 Å². The number of sulfonamides is 1. The number of anilines is 2. The molecule has 1 heterocycles. The molecule has 0 amide bonds. The minimum atomic E-state index is -4.33. The van der Waals surface area contributed by atoms with Crippen LogP contribution in [0.3, 0.4) is 0 Å². The molecule has 14 heteroatoms. The van der Waals surface area contributed by atoms with Crippen molar-refractivity contribution in [3.8, 4) is 5.75 Å². The average Bonchev–Trinajstić information content (AvgIpc) is 3.17. The summed E-state index contributed by atoms with van der Waals surface area (Å²) >= 11 is 7.18. The molecule has 31 heavy (non-hydrogen) atoms. The van der Waals surface area contributed by atoms with Gasteiger partial charge < -0.3 is 15.8 Å². The van der Waals surface area contributed by atoms with Crippen LogP contribution in [-0.2, 0) is 10.0 Å². The van der Waals surface area contributed by atoms with Crippen LogP contribution in [0.2, 0.25) is 5.02 Å². The molecule has 0 aliphatic heterocycles. The lowest BCUT2D eigenvalue weighted by Gasteiger charge is -2.19. The number of benzene rings is 2. The minimum absolute atomic E-state index is 0.00567. The predicted octanol–water partition coefficient (Wildman–Crippen LogP) is 4.55. The van der Waals surface area contributed by atoms with E-state index in [2.05, 4.69) is 19.8 Å². The maximum absolute atomic E-state index is 14.5. The van der Waals surface area contributed by atoms with E-state index in [0.29, 0.717) is 0 Å². The molecule has 0 aliphatic rings. The van der Waals surface area contributed by atoms with Gasteiger partial charge in [0.15, 0.2) is 5.82 Å². The number of thiazole rings is 1. The molecule has 0 bridgehead atoms. The fourth-order valence-corrected chi connectivity index (χ4v) is 4.41. The van der Waals surface area contributed by atoms with Gasteiger partial charge in [-0.25, -0.2) is 22.2 Å². The highest BCUT2D eigenvalue weighted by Crippen LogP contribution is 2.32. The molecule has 7 nitrogen and oxygen atoms in total. The van der Waals surface area contributed by atoms with E-state index in [1.807, 2.05) is 0 Å². The van der Waals surface area contributed by atoms with Gasteiger partial charge >= 0.3 is 6.61 Å². The van der Waals surface area contributed by atoms with E-state index in [1.54, 1.807) is 0 Å². The molecule has 0 saturated carbocycles. The molecule has 0 fully saturated rings. The average molecular weight is 497 g/mol. The SMILES string of the molecule is N[C@H](Nc1cc(F)c(S(=O)(=O)Nc2cscn2)cc1Cl)c1cc(OC(F)F)ccc1F. The van der Waals surface area contributed by atoms with Gasteiger partial charge in [0.2, 0.25) is 0 Å². The van der Waals surface area contributed by atoms with Crippen molar-refractivity contribution in [1.29, 1.82) is 0 Å². The Hall–Kier alpha value is -2.61. The lowest BCUT2D eigenvalue weighted by Crippen LogP contribution is -2.22. The zero-order valence-electron chi connectivity index (χ0n) is 15.2. The fourth-order valence-electron chi connectivity index (χ4n) is 2.48. The topological polar surface area (TPSA) is 106 Å². The first-order valence-corrected chi connectivity index (χ1v) is 11.0. The van der Waals surface area contributed by atoms with Crippen molar-refractivity contribution >= 4 is 44.5 Å². The van der Waals surface area contributed by atoms with Gasteiger partial charge in [-0.3, -0.25) is 4.72 Å². The second-order valence-corrected chi connectivity index (χ2v) is 8.70.